The number of halogens is 4. The van der Waals surface area contributed by atoms with Crippen LogP contribution in [0.5, 0.6) is 11.5 Å². The van der Waals surface area contributed by atoms with Gasteiger partial charge in [0.05, 0.1) is 36.6 Å². The Hall–Kier alpha value is -2.25. The highest BCUT2D eigenvalue weighted by molar-refractivity contribution is 7.85. The molecular formula is C39H41F4O7S-. The van der Waals surface area contributed by atoms with Crippen LogP contribution in [0.2, 0.25) is 0 Å². The second kappa shape index (κ2) is 11.1. The lowest BCUT2D eigenvalue weighted by molar-refractivity contribution is 0.0763. The standard InChI is InChI=1S/C39H42F4O7S/c40-30-32(42)39(51(44,45)46)33(43)31(41)38(30)50-37-23(25-13-28-17-5-2-8-20(17)35(25)48-28)10-15(22-12-27-16-4-1-7-19(16)34(22)47-27)11-24(37)26-14-29-18-6-3-9-21(18)36(26)49-29/h10-11,16-22,25-29,34-36H,1-9,12-14H2,(H,44,45,46)/p-1. The summed E-state index contributed by atoms with van der Waals surface area (Å²) in [6.07, 6.45) is 12.5. The minimum Gasteiger partial charge on any atom is -0.744 e. The quantitative estimate of drug-likeness (QED) is 0.169. The summed E-state index contributed by atoms with van der Waals surface area (Å²) in [6.45, 7) is 0. The van der Waals surface area contributed by atoms with Crippen molar-refractivity contribution in [2.45, 2.75) is 136 Å². The molecule has 0 N–H and O–H groups in total. The van der Waals surface area contributed by atoms with E-state index in [4.69, 9.17) is 18.9 Å². The predicted molar refractivity (Wildman–Crippen MR) is 171 cm³/mol. The van der Waals surface area contributed by atoms with Crippen molar-refractivity contribution in [2.75, 3.05) is 0 Å². The van der Waals surface area contributed by atoms with Crippen LogP contribution in [-0.4, -0.2) is 49.6 Å². The van der Waals surface area contributed by atoms with Crippen LogP contribution in [0.4, 0.5) is 17.6 Å². The van der Waals surface area contributed by atoms with Crippen molar-refractivity contribution in [3.05, 3.63) is 52.1 Å². The summed E-state index contributed by atoms with van der Waals surface area (Å²) in [5, 5.41) is 0. The summed E-state index contributed by atoms with van der Waals surface area (Å²) in [4.78, 5) is -2.19. The minimum absolute atomic E-state index is 0.0486. The maximum atomic E-state index is 15.8. The van der Waals surface area contributed by atoms with E-state index in [1.165, 1.54) is 12.8 Å². The van der Waals surface area contributed by atoms with Crippen LogP contribution in [0.25, 0.3) is 0 Å². The maximum absolute atomic E-state index is 15.8. The summed E-state index contributed by atoms with van der Waals surface area (Å²) in [7, 11) is -5.88. The largest absolute Gasteiger partial charge is 0.744 e. The maximum Gasteiger partial charge on any atom is 0.205 e. The van der Waals surface area contributed by atoms with Gasteiger partial charge >= 0.3 is 0 Å². The summed E-state index contributed by atoms with van der Waals surface area (Å²) < 4.78 is 123. The van der Waals surface area contributed by atoms with Gasteiger partial charge in [0.25, 0.3) is 0 Å². The van der Waals surface area contributed by atoms with Crippen molar-refractivity contribution >= 4 is 10.1 Å². The van der Waals surface area contributed by atoms with Gasteiger partial charge in [0.15, 0.2) is 11.6 Å². The topological polar surface area (TPSA) is 94.1 Å². The fraction of sp³-hybridized carbons (Fsp3) is 0.692. The molecule has 2 aromatic rings. The Morgan fingerprint density at radius 1 is 0.569 bits per heavy atom. The first-order chi connectivity index (χ1) is 24.6. The lowest BCUT2D eigenvalue weighted by atomic mass is 9.68. The van der Waals surface area contributed by atoms with Gasteiger partial charge in [0.2, 0.25) is 17.4 Å². The van der Waals surface area contributed by atoms with Gasteiger partial charge in [0.1, 0.15) is 20.8 Å². The Morgan fingerprint density at radius 3 is 1.39 bits per heavy atom. The van der Waals surface area contributed by atoms with Crippen molar-refractivity contribution < 1.29 is 49.5 Å². The number of fused-ring (bicyclic) bond motifs is 15. The monoisotopic (exact) mass is 729 g/mol. The number of rotatable bonds is 6. The third-order valence-electron chi connectivity index (χ3n) is 15.3. The van der Waals surface area contributed by atoms with Crippen LogP contribution in [0.1, 0.15) is 111 Å². The molecule has 0 aromatic heterocycles. The Morgan fingerprint density at radius 2 is 0.961 bits per heavy atom. The zero-order valence-corrected chi connectivity index (χ0v) is 28.9. The normalized spacial score (nSPS) is 44.1. The first-order valence-corrected chi connectivity index (χ1v) is 20.6. The predicted octanol–water partition coefficient (Wildman–Crippen LogP) is 7.95. The van der Waals surface area contributed by atoms with Crippen molar-refractivity contribution in [1.82, 2.24) is 0 Å². The van der Waals surface area contributed by atoms with Crippen molar-refractivity contribution in [3.8, 4) is 11.5 Å². The van der Waals surface area contributed by atoms with Gasteiger partial charge < -0.3 is 23.5 Å². The Balaban J connectivity index is 1.10. The summed E-state index contributed by atoms with van der Waals surface area (Å²) >= 11 is 0. The Kier molecular flexibility index (Phi) is 7.04. The lowest BCUT2D eigenvalue weighted by Gasteiger charge is -2.35. The Labute approximate surface area is 294 Å². The number of ether oxygens (including phenoxy) is 4. The molecule has 3 saturated carbocycles. The van der Waals surface area contributed by atoms with E-state index in [1.54, 1.807) is 0 Å². The molecule has 3 aliphatic carbocycles. The molecule has 51 heavy (non-hydrogen) atoms. The van der Waals surface area contributed by atoms with E-state index in [0.717, 1.165) is 56.9 Å². The molecule has 0 spiro atoms. The molecule has 15 atom stereocenters. The van der Waals surface area contributed by atoms with Gasteiger partial charge in [-0.1, -0.05) is 31.4 Å². The van der Waals surface area contributed by atoms with Crippen molar-refractivity contribution in [3.63, 3.8) is 0 Å². The van der Waals surface area contributed by atoms with Crippen LogP contribution >= 0.6 is 0 Å². The molecule has 9 aliphatic rings. The molecule has 15 unspecified atom stereocenters. The summed E-state index contributed by atoms with van der Waals surface area (Å²) in [5.74, 6) is -7.48. The molecule has 0 radical (unpaired) electrons. The zero-order chi connectivity index (χ0) is 34.7. The fourth-order valence-corrected chi connectivity index (χ4v) is 14.0. The number of benzene rings is 2. The van der Waals surface area contributed by atoms with Crippen LogP contribution < -0.4 is 4.74 Å². The molecule has 6 aliphatic heterocycles. The van der Waals surface area contributed by atoms with Crippen LogP contribution in [0, 0.1) is 58.8 Å². The zero-order valence-electron chi connectivity index (χ0n) is 28.1. The SMILES string of the molecule is O=S(=O)([O-])c1c(F)c(F)c(Oc2c(C3CC4OC3C3CCCC43)cc(C3CC4OC3C3CCCC43)cc2C2CC3OC2C2CCCC32)c(F)c1F. The number of hydrogen-bond donors (Lipinski definition) is 0. The Bertz CT molecular complexity index is 1850. The molecule has 7 nitrogen and oxygen atoms in total. The third kappa shape index (κ3) is 4.46. The van der Waals surface area contributed by atoms with E-state index in [0.29, 0.717) is 59.5 Å². The molecule has 6 bridgehead atoms. The minimum atomic E-state index is -5.88. The molecule has 6 heterocycles. The summed E-state index contributed by atoms with van der Waals surface area (Å²) in [5.41, 5.74) is 2.50. The van der Waals surface area contributed by atoms with Crippen LogP contribution in [0.3, 0.4) is 0 Å². The first kappa shape index (κ1) is 32.2. The van der Waals surface area contributed by atoms with E-state index >= 15 is 17.6 Å². The van der Waals surface area contributed by atoms with Crippen LogP contribution in [0.15, 0.2) is 17.0 Å². The van der Waals surface area contributed by atoms with E-state index in [9.17, 15) is 13.0 Å². The molecule has 9 fully saturated rings. The highest BCUT2D eigenvalue weighted by Gasteiger charge is 2.60. The van der Waals surface area contributed by atoms with Gasteiger partial charge in [-0.2, -0.15) is 8.78 Å². The second-order valence-corrected chi connectivity index (χ2v) is 18.5. The first-order valence-electron chi connectivity index (χ1n) is 19.2. The smallest absolute Gasteiger partial charge is 0.205 e. The van der Waals surface area contributed by atoms with E-state index in [-0.39, 0.29) is 60.1 Å². The average Bonchev–Trinajstić information content (AvgIpc) is 3.94. The van der Waals surface area contributed by atoms with E-state index < -0.39 is 44.0 Å². The summed E-state index contributed by atoms with van der Waals surface area (Å²) in [6, 6.07) is 4.17. The van der Waals surface area contributed by atoms with Gasteiger partial charge in [-0.05, 0) is 98.9 Å². The molecule has 12 heteroatoms. The van der Waals surface area contributed by atoms with E-state index in [2.05, 4.69) is 12.1 Å². The van der Waals surface area contributed by atoms with Crippen molar-refractivity contribution in [1.29, 1.82) is 0 Å². The molecular weight excluding hydrogens is 688 g/mol. The third-order valence-corrected chi connectivity index (χ3v) is 16.1. The second-order valence-electron chi connectivity index (χ2n) is 17.2. The average molecular weight is 730 g/mol. The fourth-order valence-electron chi connectivity index (χ4n) is 13.4. The molecule has 0 amide bonds. The van der Waals surface area contributed by atoms with Gasteiger partial charge in [-0.15, -0.1) is 0 Å². The van der Waals surface area contributed by atoms with Gasteiger partial charge in [-0.3, -0.25) is 0 Å². The van der Waals surface area contributed by atoms with Gasteiger partial charge in [-0.25, -0.2) is 17.2 Å². The van der Waals surface area contributed by atoms with Gasteiger partial charge in [0, 0.05) is 28.9 Å². The molecule has 6 saturated heterocycles. The van der Waals surface area contributed by atoms with Crippen molar-refractivity contribution in [2.24, 2.45) is 35.5 Å². The molecule has 2 aromatic carbocycles. The molecule has 274 valence electrons. The van der Waals surface area contributed by atoms with Crippen LogP contribution in [-0.2, 0) is 24.3 Å². The highest BCUT2D eigenvalue weighted by atomic mass is 32.2. The van der Waals surface area contributed by atoms with E-state index in [1.807, 2.05) is 0 Å². The number of hydrogen-bond acceptors (Lipinski definition) is 7. The molecule has 11 rings (SSSR count). The lowest BCUT2D eigenvalue weighted by Crippen LogP contribution is -2.32. The highest BCUT2D eigenvalue weighted by Crippen LogP contribution is 2.63.